The van der Waals surface area contributed by atoms with Gasteiger partial charge in [-0.2, -0.15) is 0 Å². The molecule has 1 aromatic carbocycles. The van der Waals surface area contributed by atoms with Gasteiger partial charge in [0.25, 0.3) is 0 Å². The van der Waals surface area contributed by atoms with E-state index in [9.17, 15) is 0 Å². The van der Waals surface area contributed by atoms with Crippen LogP contribution < -0.4 is 5.32 Å². The highest BCUT2D eigenvalue weighted by Gasteiger charge is 2.32. The number of pyridine rings is 1. The van der Waals surface area contributed by atoms with Crippen LogP contribution >= 0.6 is 0 Å². The zero-order valence-electron chi connectivity index (χ0n) is 12.8. The van der Waals surface area contributed by atoms with E-state index in [1.165, 1.54) is 16.7 Å². The van der Waals surface area contributed by atoms with Crippen LogP contribution in [0.25, 0.3) is 0 Å². The van der Waals surface area contributed by atoms with Crippen LogP contribution in [0.2, 0.25) is 0 Å². The lowest BCUT2D eigenvalue weighted by molar-refractivity contribution is 0.136. The van der Waals surface area contributed by atoms with Gasteiger partial charge in [0.1, 0.15) is 0 Å². The van der Waals surface area contributed by atoms with E-state index in [4.69, 9.17) is 0 Å². The van der Waals surface area contributed by atoms with E-state index in [-0.39, 0.29) is 5.54 Å². The fourth-order valence-corrected chi connectivity index (χ4v) is 3.11. The molecule has 21 heavy (non-hydrogen) atoms. The summed E-state index contributed by atoms with van der Waals surface area (Å²) in [4.78, 5) is 6.78. The van der Waals surface area contributed by atoms with Crippen molar-refractivity contribution < 1.29 is 0 Å². The van der Waals surface area contributed by atoms with Crippen molar-refractivity contribution in [1.82, 2.24) is 15.2 Å². The summed E-state index contributed by atoms with van der Waals surface area (Å²) >= 11 is 0. The molecule has 0 bridgehead atoms. The van der Waals surface area contributed by atoms with Crippen LogP contribution in [-0.4, -0.2) is 29.5 Å². The second-order valence-electron chi connectivity index (χ2n) is 6.14. The number of piperazine rings is 1. The molecule has 1 aliphatic heterocycles. The lowest BCUT2D eigenvalue weighted by Crippen LogP contribution is -2.56. The number of hydrogen-bond acceptors (Lipinski definition) is 3. The Morgan fingerprint density at radius 1 is 1.24 bits per heavy atom. The molecule has 2 aromatic rings. The first kappa shape index (κ1) is 14.2. The third-order valence-electron chi connectivity index (χ3n) is 4.44. The maximum Gasteiger partial charge on any atom is 0.0535 e. The third kappa shape index (κ3) is 3.14. The van der Waals surface area contributed by atoms with Crippen molar-refractivity contribution in [2.45, 2.75) is 25.9 Å². The predicted octanol–water partition coefficient (Wildman–Crippen LogP) is 2.71. The molecule has 3 nitrogen and oxygen atoms in total. The zero-order chi connectivity index (χ0) is 14.7. The maximum absolute atomic E-state index is 4.26. The molecule has 1 atom stereocenters. The molecular formula is C18H23N3. The molecule has 1 unspecified atom stereocenters. The van der Waals surface area contributed by atoms with Gasteiger partial charge in [-0.3, -0.25) is 9.88 Å². The smallest absolute Gasteiger partial charge is 0.0535 e. The second-order valence-corrected chi connectivity index (χ2v) is 6.14. The van der Waals surface area contributed by atoms with E-state index in [1.807, 2.05) is 12.4 Å². The van der Waals surface area contributed by atoms with E-state index >= 15 is 0 Å². The van der Waals surface area contributed by atoms with Crippen LogP contribution in [0.4, 0.5) is 0 Å². The summed E-state index contributed by atoms with van der Waals surface area (Å²) in [6, 6.07) is 12.8. The molecule has 110 valence electrons. The van der Waals surface area contributed by atoms with Gasteiger partial charge in [0.05, 0.1) is 5.54 Å². The summed E-state index contributed by atoms with van der Waals surface area (Å²) in [5.74, 6) is 0. The molecule has 1 saturated heterocycles. The lowest BCUT2D eigenvalue weighted by Gasteiger charge is -2.42. The van der Waals surface area contributed by atoms with Crippen LogP contribution in [0.15, 0.2) is 48.8 Å². The van der Waals surface area contributed by atoms with Gasteiger partial charge in [-0.15, -0.1) is 0 Å². The van der Waals surface area contributed by atoms with Gasteiger partial charge in [-0.1, -0.05) is 30.3 Å². The third-order valence-corrected chi connectivity index (χ3v) is 4.44. The summed E-state index contributed by atoms with van der Waals surface area (Å²) in [6.45, 7) is 8.55. The molecule has 0 spiro atoms. The van der Waals surface area contributed by atoms with Crippen molar-refractivity contribution >= 4 is 0 Å². The monoisotopic (exact) mass is 281 g/mol. The first-order valence-electron chi connectivity index (χ1n) is 7.60. The van der Waals surface area contributed by atoms with E-state index < -0.39 is 0 Å². The fourth-order valence-electron chi connectivity index (χ4n) is 3.11. The standard InChI is InChI=1S/C18H23N3/c1-15-8-9-19-12-16(15)13-21-11-10-20-18(2,14-21)17-6-4-3-5-7-17/h3-9,12,20H,10-11,13-14H2,1-2H3. The Kier molecular flexibility index (Phi) is 4.04. The van der Waals surface area contributed by atoms with Crippen molar-refractivity contribution in [1.29, 1.82) is 0 Å². The minimum absolute atomic E-state index is 0.0234. The average molecular weight is 281 g/mol. The first-order valence-corrected chi connectivity index (χ1v) is 7.60. The van der Waals surface area contributed by atoms with E-state index in [2.05, 4.69) is 65.4 Å². The highest BCUT2D eigenvalue weighted by atomic mass is 15.2. The van der Waals surface area contributed by atoms with E-state index in [0.29, 0.717) is 0 Å². The Morgan fingerprint density at radius 3 is 2.81 bits per heavy atom. The number of nitrogens with zero attached hydrogens (tertiary/aromatic N) is 2. The van der Waals surface area contributed by atoms with Crippen LogP contribution in [0.1, 0.15) is 23.6 Å². The SMILES string of the molecule is Cc1ccncc1CN1CCNC(C)(c2ccccc2)C1. The van der Waals surface area contributed by atoms with Gasteiger partial charge in [-0.25, -0.2) is 0 Å². The molecule has 1 aliphatic rings. The minimum atomic E-state index is 0.0234. The van der Waals surface area contributed by atoms with Crippen LogP contribution in [-0.2, 0) is 12.1 Å². The average Bonchev–Trinajstić information content (AvgIpc) is 2.51. The van der Waals surface area contributed by atoms with Crippen LogP contribution in [0.5, 0.6) is 0 Å². The summed E-state index contributed by atoms with van der Waals surface area (Å²) in [5, 5.41) is 3.68. The number of nitrogens with one attached hydrogen (secondary N) is 1. The molecule has 1 aromatic heterocycles. The molecule has 0 radical (unpaired) electrons. The molecule has 0 saturated carbocycles. The van der Waals surface area contributed by atoms with Crippen LogP contribution in [0, 0.1) is 6.92 Å². The molecule has 3 rings (SSSR count). The molecule has 1 N–H and O–H groups in total. The highest BCUT2D eigenvalue weighted by Crippen LogP contribution is 2.25. The van der Waals surface area contributed by atoms with Gasteiger partial charge < -0.3 is 5.32 Å². The lowest BCUT2D eigenvalue weighted by atomic mass is 9.89. The van der Waals surface area contributed by atoms with E-state index in [1.54, 1.807) is 0 Å². The summed E-state index contributed by atoms with van der Waals surface area (Å²) in [5.41, 5.74) is 4.03. The summed E-state index contributed by atoms with van der Waals surface area (Å²) in [6.07, 6.45) is 3.86. The molecular weight excluding hydrogens is 258 g/mol. The second kappa shape index (κ2) is 5.96. The summed E-state index contributed by atoms with van der Waals surface area (Å²) < 4.78 is 0. The maximum atomic E-state index is 4.26. The fraction of sp³-hybridized carbons (Fsp3) is 0.389. The largest absolute Gasteiger partial charge is 0.305 e. The number of aromatic nitrogens is 1. The van der Waals surface area contributed by atoms with Gasteiger partial charge in [0.15, 0.2) is 0 Å². The van der Waals surface area contributed by atoms with Crippen molar-refractivity contribution in [2.24, 2.45) is 0 Å². The molecule has 2 heterocycles. The van der Waals surface area contributed by atoms with Gasteiger partial charge in [0.2, 0.25) is 0 Å². The van der Waals surface area contributed by atoms with Gasteiger partial charge in [0, 0.05) is 38.6 Å². The topological polar surface area (TPSA) is 28.2 Å². The molecule has 0 aliphatic carbocycles. The van der Waals surface area contributed by atoms with Gasteiger partial charge in [-0.05, 0) is 36.6 Å². The Bertz CT molecular complexity index is 596. The van der Waals surface area contributed by atoms with E-state index in [0.717, 1.165) is 26.2 Å². The molecule has 0 amide bonds. The van der Waals surface area contributed by atoms with Crippen molar-refractivity contribution in [2.75, 3.05) is 19.6 Å². The molecule has 1 fully saturated rings. The summed E-state index contributed by atoms with van der Waals surface area (Å²) in [7, 11) is 0. The van der Waals surface area contributed by atoms with Crippen molar-refractivity contribution in [3.63, 3.8) is 0 Å². The predicted molar refractivity (Wildman–Crippen MR) is 86.0 cm³/mol. The normalized spacial score (nSPS) is 23.1. The van der Waals surface area contributed by atoms with Crippen molar-refractivity contribution in [3.8, 4) is 0 Å². The quantitative estimate of drug-likeness (QED) is 0.937. The van der Waals surface area contributed by atoms with Crippen LogP contribution in [0.3, 0.4) is 0 Å². The Hall–Kier alpha value is -1.71. The number of aryl methyl sites for hydroxylation is 1. The first-order chi connectivity index (χ1) is 10.2. The van der Waals surface area contributed by atoms with Crippen molar-refractivity contribution in [3.05, 3.63) is 65.5 Å². The molecule has 3 heteroatoms. The Balaban J connectivity index is 1.76. The Labute approximate surface area is 127 Å². The Morgan fingerprint density at radius 2 is 2.05 bits per heavy atom. The highest BCUT2D eigenvalue weighted by molar-refractivity contribution is 5.26. The number of hydrogen-bond donors (Lipinski definition) is 1. The minimum Gasteiger partial charge on any atom is -0.305 e. The van der Waals surface area contributed by atoms with Gasteiger partial charge >= 0.3 is 0 Å². The number of rotatable bonds is 3. The zero-order valence-corrected chi connectivity index (χ0v) is 12.8. The number of benzene rings is 1.